The van der Waals surface area contributed by atoms with Gasteiger partial charge in [-0.25, -0.2) is 0 Å². The van der Waals surface area contributed by atoms with Gasteiger partial charge in [-0.1, -0.05) is 48.4 Å². The molecule has 2 aromatic carbocycles. The van der Waals surface area contributed by atoms with Gasteiger partial charge in [-0.15, -0.1) is 0 Å². The van der Waals surface area contributed by atoms with Crippen LogP contribution in [0.3, 0.4) is 0 Å². The molecule has 3 aromatic rings. The van der Waals surface area contributed by atoms with Gasteiger partial charge in [-0.05, 0) is 62.2 Å². The maximum absolute atomic E-state index is 11.7. The summed E-state index contributed by atoms with van der Waals surface area (Å²) in [4.78, 5) is 16.4. The predicted molar refractivity (Wildman–Crippen MR) is 127 cm³/mol. The number of nitrogens with one attached hydrogen (secondary N) is 2. The molecule has 0 amide bonds. The normalized spacial score (nSPS) is 15.8. The molecule has 5 N–H and O–H groups in total. The van der Waals surface area contributed by atoms with Crippen LogP contribution >= 0.6 is 11.3 Å². The highest BCUT2D eigenvalue weighted by Crippen LogP contribution is 2.32. The molecule has 2 heterocycles. The van der Waals surface area contributed by atoms with Crippen molar-refractivity contribution in [3.8, 4) is 5.75 Å². The van der Waals surface area contributed by atoms with E-state index < -0.39 is 5.79 Å². The summed E-state index contributed by atoms with van der Waals surface area (Å²) in [6.07, 6.45) is 5.99. The second-order valence-corrected chi connectivity index (χ2v) is 9.59. The molecule has 8 heteroatoms. The number of nitrogens with zero attached hydrogens (tertiary/aromatic N) is 1. The number of rotatable bonds is 8. The Morgan fingerprint density at radius 2 is 1.81 bits per heavy atom. The number of phenolic OH excluding ortho intramolecular Hbond substituents is 1. The number of hydrogen-bond donors (Lipinski definition) is 5. The molecule has 1 fully saturated rings. The van der Waals surface area contributed by atoms with Crippen LogP contribution in [0.1, 0.15) is 42.4 Å². The molecule has 32 heavy (non-hydrogen) atoms. The lowest BCUT2D eigenvalue weighted by Gasteiger charge is -2.23. The van der Waals surface area contributed by atoms with E-state index in [1.54, 1.807) is 0 Å². The summed E-state index contributed by atoms with van der Waals surface area (Å²) < 4.78 is 0.350. The SMILES string of the molecule is O=c1[nH]c2c(O)ccc(C(O)(O)CNCCc3cccc(CN4CCCCCC4)c3)c2s1. The van der Waals surface area contributed by atoms with Gasteiger partial charge in [-0.3, -0.25) is 9.69 Å². The van der Waals surface area contributed by atoms with Gasteiger partial charge in [0.05, 0.1) is 11.2 Å². The quantitative estimate of drug-likeness (QED) is 0.263. The molecule has 0 spiro atoms. The fourth-order valence-corrected chi connectivity index (χ4v) is 5.30. The van der Waals surface area contributed by atoms with Crippen molar-refractivity contribution in [1.29, 1.82) is 0 Å². The first-order valence-corrected chi connectivity index (χ1v) is 12.0. The zero-order valence-electron chi connectivity index (χ0n) is 18.1. The van der Waals surface area contributed by atoms with Crippen molar-refractivity contribution in [2.45, 2.75) is 44.4 Å². The van der Waals surface area contributed by atoms with Crippen molar-refractivity contribution >= 4 is 21.6 Å². The number of H-pyrrole nitrogens is 1. The summed E-state index contributed by atoms with van der Waals surface area (Å²) in [6.45, 7) is 3.81. The number of aromatic amines is 1. The molecule has 1 saturated heterocycles. The summed E-state index contributed by atoms with van der Waals surface area (Å²) in [6, 6.07) is 11.4. The van der Waals surface area contributed by atoms with Gasteiger partial charge in [0.1, 0.15) is 11.3 Å². The average Bonchev–Trinajstić information content (AvgIpc) is 2.98. The van der Waals surface area contributed by atoms with Crippen LogP contribution in [-0.4, -0.2) is 51.4 Å². The maximum atomic E-state index is 11.7. The Bertz CT molecular complexity index is 1100. The molecule has 172 valence electrons. The Balaban J connectivity index is 1.33. The van der Waals surface area contributed by atoms with Crippen molar-refractivity contribution in [2.24, 2.45) is 0 Å². The van der Waals surface area contributed by atoms with E-state index in [4.69, 9.17) is 0 Å². The van der Waals surface area contributed by atoms with Gasteiger partial charge < -0.3 is 25.6 Å². The Morgan fingerprint density at radius 3 is 2.59 bits per heavy atom. The van der Waals surface area contributed by atoms with Crippen LogP contribution in [0.5, 0.6) is 5.75 Å². The predicted octanol–water partition coefficient (Wildman–Crippen LogP) is 2.64. The molecule has 1 aliphatic rings. The third kappa shape index (κ3) is 5.57. The number of thiazole rings is 1. The minimum absolute atomic E-state index is 0.0908. The van der Waals surface area contributed by atoms with E-state index in [-0.39, 0.29) is 28.2 Å². The van der Waals surface area contributed by atoms with Crippen LogP contribution in [-0.2, 0) is 18.8 Å². The number of phenols is 1. The van der Waals surface area contributed by atoms with E-state index in [0.29, 0.717) is 11.2 Å². The lowest BCUT2D eigenvalue weighted by Crippen LogP contribution is -2.38. The van der Waals surface area contributed by atoms with E-state index in [0.717, 1.165) is 24.3 Å². The molecular formula is C24H31N3O4S. The van der Waals surface area contributed by atoms with E-state index in [9.17, 15) is 20.1 Å². The lowest BCUT2D eigenvalue weighted by atomic mass is 10.0. The molecule has 0 saturated carbocycles. The number of fused-ring (bicyclic) bond motifs is 1. The summed E-state index contributed by atoms with van der Waals surface area (Å²) in [5, 5.41) is 34.3. The first-order chi connectivity index (χ1) is 15.4. The van der Waals surface area contributed by atoms with Crippen molar-refractivity contribution in [3.63, 3.8) is 0 Å². The molecule has 0 radical (unpaired) electrons. The Morgan fingerprint density at radius 1 is 1.06 bits per heavy atom. The smallest absolute Gasteiger partial charge is 0.305 e. The fourth-order valence-electron chi connectivity index (χ4n) is 4.36. The highest BCUT2D eigenvalue weighted by Gasteiger charge is 2.29. The van der Waals surface area contributed by atoms with Crippen LogP contribution < -0.4 is 10.2 Å². The zero-order valence-corrected chi connectivity index (χ0v) is 19.0. The van der Waals surface area contributed by atoms with Gasteiger partial charge in [0.25, 0.3) is 0 Å². The number of aromatic hydroxyl groups is 1. The van der Waals surface area contributed by atoms with Crippen LogP contribution in [0.25, 0.3) is 10.2 Å². The topological polar surface area (TPSA) is 109 Å². The Kier molecular flexibility index (Phi) is 7.27. The Labute approximate surface area is 191 Å². The first kappa shape index (κ1) is 22.9. The molecule has 0 atom stereocenters. The second-order valence-electron chi connectivity index (χ2n) is 8.60. The van der Waals surface area contributed by atoms with Crippen molar-refractivity contribution < 1.29 is 15.3 Å². The summed E-state index contributed by atoms with van der Waals surface area (Å²) in [7, 11) is 0. The minimum Gasteiger partial charge on any atom is -0.506 e. The van der Waals surface area contributed by atoms with E-state index in [1.807, 2.05) is 0 Å². The van der Waals surface area contributed by atoms with Crippen molar-refractivity contribution in [3.05, 3.63) is 62.8 Å². The third-order valence-electron chi connectivity index (χ3n) is 6.05. The Hall–Kier alpha value is -2.23. The average molecular weight is 458 g/mol. The van der Waals surface area contributed by atoms with Crippen LogP contribution in [0.4, 0.5) is 0 Å². The molecular weight excluding hydrogens is 426 g/mol. The molecule has 1 aliphatic heterocycles. The summed E-state index contributed by atoms with van der Waals surface area (Å²) in [5.74, 6) is -2.25. The third-order valence-corrected chi connectivity index (χ3v) is 6.96. The van der Waals surface area contributed by atoms with Crippen LogP contribution in [0.15, 0.2) is 41.2 Å². The van der Waals surface area contributed by atoms with E-state index in [2.05, 4.69) is 39.5 Å². The van der Waals surface area contributed by atoms with E-state index >= 15 is 0 Å². The van der Waals surface area contributed by atoms with Crippen molar-refractivity contribution in [2.75, 3.05) is 26.2 Å². The van der Waals surface area contributed by atoms with Gasteiger partial charge in [0.2, 0.25) is 5.79 Å². The van der Waals surface area contributed by atoms with Gasteiger partial charge in [0.15, 0.2) is 0 Å². The number of hydrogen-bond acceptors (Lipinski definition) is 7. The number of aromatic nitrogens is 1. The zero-order chi connectivity index (χ0) is 22.6. The first-order valence-electron chi connectivity index (χ1n) is 11.2. The monoisotopic (exact) mass is 457 g/mol. The molecule has 1 aromatic heterocycles. The summed E-state index contributed by atoms with van der Waals surface area (Å²) in [5.41, 5.74) is 2.95. The molecule has 0 aliphatic carbocycles. The van der Waals surface area contributed by atoms with Gasteiger partial charge in [-0.2, -0.15) is 0 Å². The van der Waals surface area contributed by atoms with Crippen LogP contribution in [0.2, 0.25) is 0 Å². The fraction of sp³-hybridized carbons (Fsp3) is 0.458. The maximum Gasteiger partial charge on any atom is 0.305 e. The molecule has 7 nitrogen and oxygen atoms in total. The lowest BCUT2D eigenvalue weighted by molar-refractivity contribution is -0.164. The van der Waals surface area contributed by atoms with Gasteiger partial charge in [0, 0.05) is 12.1 Å². The summed E-state index contributed by atoms with van der Waals surface area (Å²) >= 11 is 0.850. The standard InChI is InChI=1S/C24H31N3O4S/c28-20-9-8-19(22-21(20)26-23(29)32-22)24(30,31)16-25-11-10-17-6-5-7-18(14-17)15-27-12-3-1-2-4-13-27/h5-9,14,25,28,30-31H,1-4,10-13,15-16H2,(H,26,29). The minimum atomic E-state index is -2.16. The van der Waals surface area contributed by atoms with Gasteiger partial charge >= 0.3 is 4.87 Å². The molecule has 0 bridgehead atoms. The molecule has 0 unspecified atom stereocenters. The highest BCUT2D eigenvalue weighted by molar-refractivity contribution is 7.16. The van der Waals surface area contributed by atoms with E-state index in [1.165, 1.54) is 62.0 Å². The number of benzene rings is 2. The second kappa shape index (κ2) is 10.1. The van der Waals surface area contributed by atoms with Crippen molar-refractivity contribution in [1.82, 2.24) is 15.2 Å². The highest BCUT2D eigenvalue weighted by atomic mass is 32.1. The largest absolute Gasteiger partial charge is 0.506 e. The number of aliphatic hydroxyl groups is 2. The number of likely N-dealkylation sites (tertiary alicyclic amines) is 1. The molecule has 4 rings (SSSR count). The van der Waals surface area contributed by atoms with Crippen LogP contribution in [0, 0.1) is 0 Å².